The van der Waals surface area contributed by atoms with E-state index in [9.17, 15) is 4.79 Å². The van der Waals surface area contributed by atoms with Crippen molar-refractivity contribution in [2.75, 3.05) is 6.54 Å². The van der Waals surface area contributed by atoms with Crippen molar-refractivity contribution in [3.63, 3.8) is 0 Å². The van der Waals surface area contributed by atoms with Gasteiger partial charge in [0.25, 0.3) is 0 Å². The fraction of sp³-hybridized carbons (Fsp3) is 0.417. The SMILES string of the molecule is CC(=O)N1CCC[C@H]1c1ccc(Cl)cc1. The third-order valence-electron chi connectivity index (χ3n) is 2.91. The molecular weight excluding hydrogens is 210 g/mol. The maximum absolute atomic E-state index is 11.4. The number of rotatable bonds is 1. The van der Waals surface area contributed by atoms with Gasteiger partial charge in [0.05, 0.1) is 6.04 Å². The van der Waals surface area contributed by atoms with E-state index in [-0.39, 0.29) is 11.9 Å². The fourth-order valence-corrected chi connectivity index (χ4v) is 2.30. The van der Waals surface area contributed by atoms with Crippen LogP contribution in [0.5, 0.6) is 0 Å². The lowest BCUT2D eigenvalue weighted by Gasteiger charge is -2.23. The zero-order valence-electron chi connectivity index (χ0n) is 8.74. The predicted octanol–water partition coefficient (Wildman–Crippen LogP) is 3.02. The molecule has 0 bridgehead atoms. The second-order valence-corrected chi connectivity index (χ2v) is 4.36. The highest BCUT2D eigenvalue weighted by molar-refractivity contribution is 6.30. The highest BCUT2D eigenvalue weighted by atomic mass is 35.5. The van der Waals surface area contributed by atoms with Crippen LogP contribution in [0.1, 0.15) is 31.4 Å². The van der Waals surface area contributed by atoms with E-state index in [1.54, 1.807) is 6.92 Å². The maximum Gasteiger partial charge on any atom is 0.219 e. The van der Waals surface area contributed by atoms with Gasteiger partial charge in [0.2, 0.25) is 5.91 Å². The number of carbonyl (C=O) groups excluding carboxylic acids is 1. The molecule has 1 aromatic rings. The molecule has 0 unspecified atom stereocenters. The van der Waals surface area contributed by atoms with Crippen LogP contribution in [-0.4, -0.2) is 17.4 Å². The summed E-state index contributed by atoms with van der Waals surface area (Å²) < 4.78 is 0. The molecule has 1 fully saturated rings. The van der Waals surface area contributed by atoms with Gasteiger partial charge in [0, 0.05) is 18.5 Å². The van der Waals surface area contributed by atoms with Crippen LogP contribution in [0.2, 0.25) is 5.02 Å². The first-order valence-corrected chi connectivity index (χ1v) is 5.59. The third kappa shape index (κ3) is 2.15. The number of hydrogen-bond donors (Lipinski definition) is 0. The second kappa shape index (κ2) is 4.23. The van der Waals surface area contributed by atoms with Gasteiger partial charge < -0.3 is 4.90 Å². The summed E-state index contributed by atoms with van der Waals surface area (Å²) in [6.07, 6.45) is 2.15. The number of halogens is 1. The Balaban J connectivity index is 2.22. The Labute approximate surface area is 94.8 Å². The number of likely N-dealkylation sites (tertiary alicyclic amines) is 1. The predicted molar refractivity (Wildman–Crippen MR) is 60.8 cm³/mol. The lowest BCUT2D eigenvalue weighted by molar-refractivity contribution is -0.129. The molecule has 0 radical (unpaired) electrons. The normalized spacial score (nSPS) is 20.7. The van der Waals surface area contributed by atoms with Gasteiger partial charge in [-0.05, 0) is 30.5 Å². The van der Waals surface area contributed by atoms with Gasteiger partial charge in [-0.15, -0.1) is 0 Å². The summed E-state index contributed by atoms with van der Waals surface area (Å²) in [5.41, 5.74) is 1.19. The van der Waals surface area contributed by atoms with Crippen molar-refractivity contribution in [2.24, 2.45) is 0 Å². The largest absolute Gasteiger partial charge is 0.336 e. The van der Waals surface area contributed by atoms with E-state index in [2.05, 4.69) is 0 Å². The number of benzene rings is 1. The van der Waals surface area contributed by atoms with E-state index >= 15 is 0 Å². The number of nitrogens with zero attached hydrogens (tertiary/aromatic N) is 1. The zero-order chi connectivity index (χ0) is 10.8. The van der Waals surface area contributed by atoms with E-state index in [0.717, 1.165) is 24.4 Å². The number of amides is 1. The molecule has 1 heterocycles. The first-order chi connectivity index (χ1) is 7.18. The Morgan fingerprint density at radius 2 is 2.07 bits per heavy atom. The molecule has 2 rings (SSSR count). The van der Waals surface area contributed by atoms with Gasteiger partial charge in [0.15, 0.2) is 0 Å². The van der Waals surface area contributed by atoms with Crippen LogP contribution in [0.3, 0.4) is 0 Å². The topological polar surface area (TPSA) is 20.3 Å². The molecule has 3 heteroatoms. The smallest absolute Gasteiger partial charge is 0.219 e. The summed E-state index contributed by atoms with van der Waals surface area (Å²) in [6.45, 7) is 2.51. The number of carbonyl (C=O) groups is 1. The van der Waals surface area contributed by atoms with E-state index in [1.807, 2.05) is 29.2 Å². The van der Waals surface area contributed by atoms with Crippen molar-refractivity contribution in [1.29, 1.82) is 0 Å². The summed E-state index contributed by atoms with van der Waals surface area (Å²) in [5.74, 6) is 0.160. The highest BCUT2D eigenvalue weighted by Gasteiger charge is 2.27. The zero-order valence-corrected chi connectivity index (χ0v) is 9.50. The molecule has 15 heavy (non-hydrogen) atoms. The minimum Gasteiger partial charge on any atom is -0.336 e. The molecule has 0 saturated carbocycles. The Hall–Kier alpha value is -1.02. The van der Waals surface area contributed by atoms with Crippen LogP contribution >= 0.6 is 11.6 Å². The van der Waals surface area contributed by atoms with Crippen LogP contribution in [0.25, 0.3) is 0 Å². The second-order valence-electron chi connectivity index (χ2n) is 3.92. The van der Waals surface area contributed by atoms with Crippen LogP contribution in [-0.2, 0) is 4.79 Å². The summed E-state index contributed by atoms with van der Waals surface area (Å²) in [6, 6.07) is 8.03. The summed E-state index contributed by atoms with van der Waals surface area (Å²) in [4.78, 5) is 13.3. The van der Waals surface area contributed by atoms with Crippen LogP contribution in [0, 0.1) is 0 Å². The average Bonchev–Trinajstić information content (AvgIpc) is 2.67. The Morgan fingerprint density at radius 3 is 2.67 bits per heavy atom. The van der Waals surface area contributed by atoms with Gasteiger partial charge in [-0.2, -0.15) is 0 Å². The lowest BCUT2D eigenvalue weighted by Crippen LogP contribution is -2.27. The lowest BCUT2D eigenvalue weighted by atomic mass is 10.0. The standard InChI is InChI=1S/C12H14ClNO/c1-9(15)14-8-2-3-12(14)10-4-6-11(13)7-5-10/h4-7,12H,2-3,8H2,1H3/t12-/m0/s1. The molecule has 1 amide bonds. The molecule has 1 aromatic carbocycles. The fourth-order valence-electron chi connectivity index (χ4n) is 2.18. The summed E-state index contributed by atoms with van der Waals surface area (Å²) >= 11 is 5.84. The third-order valence-corrected chi connectivity index (χ3v) is 3.16. The molecular formula is C12H14ClNO. The molecule has 1 aliphatic rings. The van der Waals surface area contributed by atoms with Gasteiger partial charge in [0.1, 0.15) is 0 Å². The molecule has 1 aliphatic heterocycles. The van der Waals surface area contributed by atoms with Gasteiger partial charge in [-0.25, -0.2) is 0 Å². The van der Waals surface area contributed by atoms with E-state index < -0.39 is 0 Å². The van der Waals surface area contributed by atoms with Crippen LogP contribution in [0.15, 0.2) is 24.3 Å². The molecule has 0 spiro atoms. The monoisotopic (exact) mass is 223 g/mol. The van der Waals surface area contributed by atoms with Crippen LogP contribution in [0.4, 0.5) is 0 Å². The van der Waals surface area contributed by atoms with Crippen molar-refractivity contribution in [3.8, 4) is 0 Å². The van der Waals surface area contributed by atoms with Gasteiger partial charge in [-0.3, -0.25) is 4.79 Å². The summed E-state index contributed by atoms with van der Waals surface area (Å²) in [5, 5.41) is 0.742. The van der Waals surface area contributed by atoms with Gasteiger partial charge in [-0.1, -0.05) is 23.7 Å². The van der Waals surface area contributed by atoms with Crippen molar-refractivity contribution in [2.45, 2.75) is 25.8 Å². The molecule has 0 N–H and O–H groups in total. The molecule has 0 aliphatic carbocycles. The Kier molecular flexibility index (Phi) is 2.96. The Bertz CT molecular complexity index is 360. The first kappa shape index (κ1) is 10.5. The van der Waals surface area contributed by atoms with Crippen LogP contribution < -0.4 is 0 Å². The molecule has 1 atom stereocenters. The highest BCUT2D eigenvalue weighted by Crippen LogP contribution is 2.32. The van der Waals surface area contributed by atoms with Crippen molar-refractivity contribution in [1.82, 2.24) is 4.90 Å². The van der Waals surface area contributed by atoms with Crippen molar-refractivity contribution >= 4 is 17.5 Å². The minimum absolute atomic E-state index is 0.160. The Morgan fingerprint density at radius 1 is 1.40 bits per heavy atom. The van der Waals surface area contributed by atoms with Crippen molar-refractivity contribution in [3.05, 3.63) is 34.9 Å². The molecule has 2 nitrogen and oxygen atoms in total. The minimum atomic E-state index is 0.160. The summed E-state index contributed by atoms with van der Waals surface area (Å²) in [7, 11) is 0. The molecule has 0 aromatic heterocycles. The van der Waals surface area contributed by atoms with E-state index in [0.29, 0.717) is 0 Å². The van der Waals surface area contributed by atoms with E-state index in [4.69, 9.17) is 11.6 Å². The first-order valence-electron chi connectivity index (χ1n) is 5.21. The number of hydrogen-bond acceptors (Lipinski definition) is 1. The van der Waals surface area contributed by atoms with E-state index in [1.165, 1.54) is 5.56 Å². The molecule has 1 saturated heterocycles. The maximum atomic E-state index is 11.4. The quantitative estimate of drug-likeness (QED) is 0.717. The van der Waals surface area contributed by atoms with Gasteiger partial charge >= 0.3 is 0 Å². The average molecular weight is 224 g/mol. The molecule has 80 valence electrons. The van der Waals surface area contributed by atoms with Crippen molar-refractivity contribution < 1.29 is 4.79 Å².